The van der Waals surface area contributed by atoms with Crippen molar-refractivity contribution < 1.29 is 4.74 Å². The molecule has 0 unspecified atom stereocenters. The van der Waals surface area contributed by atoms with E-state index in [1.165, 1.54) is 21.0 Å². The summed E-state index contributed by atoms with van der Waals surface area (Å²) in [5.74, 6) is 0. The molecule has 0 amide bonds. The molecule has 0 N–H and O–H groups in total. The van der Waals surface area contributed by atoms with Gasteiger partial charge in [0, 0.05) is 12.7 Å². The minimum Gasteiger partial charge on any atom is -0.355 e. The molecule has 1 aliphatic heterocycles. The van der Waals surface area contributed by atoms with Crippen molar-refractivity contribution in [2.75, 3.05) is 7.11 Å². The van der Waals surface area contributed by atoms with Crippen LogP contribution in [-0.2, 0) is 4.74 Å². The highest BCUT2D eigenvalue weighted by atomic mass is 16.5. The molecule has 0 radical (unpaired) electrons. The van der Waals surface area contributed by atoms with Gasteiger partial charge in [-0.25, -0.2) is 18.8 Å². The van der Waals surface area contributed by atoms with Crippen LogP contribution in [-0.4, -0.2) is 21.0 Å². The van der Waals surface area contributed by atoms with Crippen molar-refractivity contribution in [3.63, 3.8) is 0 Å². The molecule has 0 saturated heterocycles. The average molecular weight is 309 g/mol. The van der Waals surface area contributed by atoms with Crippen LogP contribution in [0.2, 0.25) is 0 Å². The maximum absolute atomic E-state index is 12.9. The van der Waals surface area contributed by atoms with Crippen molar-refractivity contribution in [1.82, 2.24) is 13.9 Å². The molecular weight excluding hydrogens is 294 g/mol. The van der Waals surface area contributed by atoms with E-state index in [1.807, 2.05) is 36.4 Å². The van der Waals surface area contributed by atoms with E-state index in [0.29, 0.717) is 5.69 Å². The molecule has 2 heterocycles. The zero-order valence-electron chi connectivity index (χ0n) is 12.5. The van der Waals surface area contributed by atoms with Gasteiger partial charge in [-0.05, 0) is 12.1 Å². The Balaban J connectivity index is 2.02. The SMILES string of the molecule is CO[C@@H]1C2=CC=CC=C[C@H]2n2c(=O)n(-c3ccccc3)c(=O)n21. The van der Waals surface area contributed by atoms with Gasteiger partial charge in [0.1, 0.15) is 0 Å². The van der Waals surface area contributed by atoms with Gasteiger partial charge in [-0.2, -0.15) is 4.68 Å². The van der Waals surface area contributed by atoms with Gasteiger partial charge in [-0.15, -0.1) is 0 Å². The summed E-state index contributed by atoms with van der Waals surface area (Å²) in [4.78, 5) is 25.7. The molecule has 6 nitrogen and oxygen atoms in total. The van der Waals surface area contributed by atoms with Gasteiger partial charge in [-0.3, -0.25) is 0 Å². The third kappa shape index (κ3) is 1.85. The normalized spacial score (nSPS) is 21.7. The van der Waals surface area contributed by atoms with E-state index >= 15 is 0 Å². The first-order valence-corrected chi connectivity index (χ1v) is 7.33. The van der Waals surface area contributed by atoms with Crippen molar-refractivity contribution in [3.8, 4) is 5.69 Å². The maximum atomic E-state index is 12.9. The Hall–Kier alpha value is -2.86. The van der Waals surface area contributed by atoms with E-state index in [2.05, 4.69) is 0 Å². The monoisotopic (exact) mass is 309 g/mol. The molecule has 0 fully saturated rings. The van der Waals surface area contributed by atoms with Gasteiger partial charge in [0.25, 0.3) is 0 Å². The summed E-state index contributed by atoms with van der Waals surface area (Å²) in [6.07, 6.45) is 8.83. The van der Waals surface area contributed by atoms with Crippen LogP contribution in [0.1, 0.15) is 12.3 Å². The van der Waals surface area contributed by atoms with E-state index in [-0.39, 0.29) is 11.7 Å². The first-order chi connectivity index (χ1) is 11.2. The van der Waals surface area contributed by atoms with Crippen molar-refractivity contribution >= 4 is 0 Å². The second-order valence-corrected chi connectivity index (χ2v) is 5.39. The molecule has 0 spiro atoms. The number of hydrogen-bond acceptors (Lipinski definition) is 3. The Kier molecular flexibility index (Phi) is 3.06. The van der Waals surface area contributed by atoms with Gasteiger partial charge < -0.3 is 4.74 Å². The first-order valence-electron chi connectivity index (χ1n) is 7.33. The van der Waals surface area contributed by atoms with Gasteiger partial charge in [0.2, 0.25) is 0 Å². The fraction of sp³-hybridized carbons (Fsp3) is 0.176. The summed E-state index contributed by atoms with van der Waals surface area (Å²) in [6, 6.07) is 8.59. The minimum absolute atomic E-state index is 0.319. The van der Waals surface area contributed by atoms with Crippen LogP contribution in [0, 0.1) is 0 Å². The van der Waals surface area contributed by atoms with E-state index in [0.717, 1.165) is 5.57 Å². The minimum atomic E-state index is -0.586. The molecule has 116 valence electrons. The zero-order valence-corrected chi connectivity index (χ0v) is 12.5. The summed E-state index contributed by atoms with van der Waals surface area (Å²) >= 11 is 0. The summed E-state index contributed by atoms with van der Waals surface area (Å²) in [5.41, 5.74) is 0.641. The standard InChI is InChI=1S/C17H15N3O3/c1-23-15-13-10-6-3-7-11-14(13)19-16(21)18(17(22)20(15)19)12-8-4-2-5-9-12/h2-11,14-15H,1H3/t14-,15-/m1/s1. The van der Waals surface area contributed by atoms with Crippen molar-refractivity contribution in [1.29, 1.82) is 0 Å². The molecule has 6 heteroatoms. The van der Waals surface area contributed by atoms with Crippen LogP contribution in [0.5, 0.6) is 0 Å². The van der Waals surface area contributed by atoms with Crippen LogP contribution in [0.3, 0.4) is 0 Å². The Morgan fingerprint density at radius 1 is 0.957 bits per heavy atom. The highest BCUT2D eigenvalue weighted by molar-refractivity contribution is 5.35. The lowest BCUT2D eigenvalue weighted by molar-refractivity contribution is 0.0708. The fourth-order valence-corrected chi connectivity index (χ4v) is 3.17. The largest absolute Gasteiger partial charge is 0.355 e. The smallest absolute Gasteiger partial charge is 0.354 e. The molecule has 4 rings (SSSR count). The Bertz CT molecular complexity index is 957. The second kappa shape index (κ2) is 5.10. The van der Waals surface area contributed by atoms with Gasteiger partial charge in [-0.1, -0.05) is 48.6 Å². The number of methoxy groups -OCH3 is 1. The van der Waals surface area contributed by atoms with Crippen LogP contribution in [0.25, 0.3) is 5.69 Å². The number of nitrogens with zero attached hydrogens (tertiary/aromatic N) is 3. The lowest BCUT2D eigenvalue weighted by Gasteiger charge is -2.12. The fourth-order valence-electron chi connectivity index (χ4n) is 3.17. The highest BCUT2D eigenvalue weighted by Gasteiger charge is 2.39. The molecule has 1 aromatic heterocycles. The molecule has 1 aromatic carbocycles. The van der Waals surface area contributed by atoms with E-state index in [1.54, 1.807) is 24.3 Å². The third-order valence-electron chi connectivity index (χ3n) is 4.16. The maximum Gasteiger partial charge on any atom is 0.354 e. The predicted molar refractivity (Wildman–Crippen MR) is 85.7 cm³/mol. The molecule has 0 saturated carbocycles. The highest BCUT2D eigenvalue weighted by Crippen LogP contribution is 2.36. The van der Waals surface area contributed by atoms with Crippen LogP contribution < -0.4 is 11.4 Å². The number of para-hydroxylation sites is 1. The Morgan fingerprint density at radius 2 is 1.70 bits per heavy atom. The number of benzene rings is 1. The number of rotatable bonds is 2. The molecule has 2 aromatic rings. The molecule has 2 aliphatic rings. The van der Waals surface area contributed by atoms with E-state index in [4.69, 9.17) is 4.74 Å². The van der Waals surface area contributed by atoms with Gasteiger partial charge in [0.05, 0.1) is 11.7 Å². The van der Waals surface area contributed by atoms with Crippen molar-refractivity contribution in [3.05, 3.63) is 87.3 Å². The van der Waals surface area contributed by atoms with Crippen molar-refractivity contribution in [2.24, 2.45) is 0 Å². The molecule has 2 atom stereocenters. The average Bonchev–Trinajstić information content (AvgIpc) is 2.88. The van der Waals surface area contributed by atoms with Gasteiger partial charge >= 0.3 is 11.4 Å². The summed E-state index contributed by atoms with van der Waals surface area (Å²) in [7, 11) is 1.54. The second-order valence-electron chi connectivity index (χ2n) is 5.39. The number of aromatic nitrogens is 3. The topological polar surface area (TPSA) is 58.2 Å². The molecule has 23 heavy (non-hydrogen) atoms. The Morgan fingerprint density at radius 3 is 2.43 bits per heavy atom. The number of hydrogen-bond donors (Lipinski definition) is 0. The number of fused-ring (bicyclic) bond motifs is 3. The quantitative estimate of drug-likeness (QED) is 0.846. The van der Waals surface area contributed by atoms with Crippen LogP contribution in [0.4, 0.5) is 0 Å². The summed E-state index contributed by atoms with van der Waals surface area (Å²) < 4.78 is 9.52. The Labute approximate surface area is 131 Å². The lowest BCUT2D eigenvalue weighted by atomic mass is 10.1. The summed E-state index contributed by atoms with van der Waals surface area (Å²) in [5, 5.41) is 0. The predicted octanol–water partition coefficient (Wildman–Crippen LogP) is 1.55. The van der Waals surface area contributed by atoms with Gasteiger partial charge in [0.15, 0.2) is 6.23 Å². The number of ether oxygens (including phenoxy) is 1. The first kappa shape index (κ1) is 13.8. The molecular formula is C17H15N3O3. The zero-order chi connectivity index (χ0) is 16.0. The van der Waals surface area contributed by atoms with Crippen LogP contribution >= 0.6 is 0 Å². The number of allylic oxidation sites excluding steroid dienone is 5. The van der Waals surface area contributed by atoms with Crippen LogP contribution in [0.15, 0.2) is 75.9 Å². The van der Waals surface area contributed by atoms with E-state index in [9.17, 15) is 9.59 Å². The van der Waals surface area contributed by atoms with Crippen molar-refractivity contribution in [2.45, 2.75) is 12.3 Å². The molecule has 0 bridgehead atoms. The van der Waals surface area contributed by atoms with E-state index < -0.39 is 11.9 Å². The molecule has 1 aliphatic carbocycles. The lowest BCUT2D eigenvalue weighted by Crippen LogP contribution is -2.30. The third-order valence-corrected chi connectivity index (χ3v) is 4.16. The summed E-state index contributed by atoms with van der Waals surface area (Å²) in [6.45, 7) is 0.